The molecule has 0 saturated carbocycles. The molecule has 0 unspecified atom stereocenters. The van der Waals surface area contributed by atoms with Crippen molar-refractivity contribution in [3.05, 3.63) is 29.8 Å². The van der Waals surface area contributed by atoms with E-state index in [1.165, 1.54) is 0 Å². The lowest BCUT2D eigenvalue weighted by Gasteiger charge is -2.04. The molecule has 0 N–H and O–H groups in total. The number of carbonyl (C=O) groups excluding carboxylic acids is 1. The Morgan fingerprint density at radius 2 is 2.27 bits per heavy atom. The quantitative estimate of drug-likeness (QED) is 0.425. The first kappa shape index (κ1) is 12.0. The van der Waals surface area contributed by atoms with Crippen LogP contribution in [-0.4, -0.2) is 32.0 Å². The average molecular weight is 229 g/mol. The first-order valence-corrected chi connectivity index (χ1v) is 5.12. The summed E-state index contributed by atoms with van der Waals surface area (Å²) in [6.07, 6.45) is 0. The molecule has 0 aliphatic heterocycles. The number of rotatable bonds is 6. The molecule has 0 fully saturated rings. The second-order valence-corrected chi connectivity index (χ2v) is 3.27. The van der Waals surface area contributed by atoms with E-state index in [4.69, 9.17) is 21.1 Å². The molecule has 0 bridgehead atoms. The van der Waals surface area contributed by atoms with Crippen molar-refractivity contribution < 1.29 is 14.3 Å². The van der Waals surface area contributed by atoms with Crippen molar-refractivity contribution in [2.45, 2.75) is 0 Å². The first-order chi connectivity index (χ1) is 7.27. The molecule has 0 atom stereocenters. The zero-order valence-corrected chi connectivity index (χ0v) is 9.29. The maximum absolute atomic E-state index is 11.6. The minimum atomic E-state index is -0.0704. The number of ketones is 1. The average Bonchev–Trinajstić information content (AvgIpc) is 2.29. The molecule has 15 heavy (non-hydrogen) atoms. The van der Waals surface area contributed by atoms with Crippen LogP contribution in [0, 0.1) is 0 Å². The van der Waals surface area contributed by atoms with Gasteiger partial charge in [0, 0.05) is 11.4 Å². The van der Waals surface area contributed by atoms with Crippen molar-refractivity contribution in [3.63, 3.8) is 0 Å². The van der Waals surface area contributed by atoms with Crippen LogP contribution in [-0.2, 0) is 4.74 Å². The van der Waals surface area contributed by atoms with Crippen LogP contribution in [0.1, 0.15) is 10.4 Å². The van der Waals surface area contributed by atoms with Crippen molar-refractivity contribution in [2.75, 3.05) is 26.2 Å². The van der Waals surface area contributed by atoms with Crippen LogP contribution >= 0.6 is 11.6 Å². The van der Waals surface area contributed by atoms with E-state index in [9.17, 15) is 4.79 Å². The molecule has 0 spiro atoms. The largest absolute Gasteiger partial charge is 0.497 e. The van der Waals surface area contributed by atoms with E-state index in [0.29, 0.717) is 23.8 Å². The smallest absolute Gasteiger partial charge is 0.188 e. The third kappa shape index (κ3) is 3.90. The third-order valence-electron chi connectivity index (χ3n) is 1.85. The highest BCUT2D eigenvalue weighted by molar-refractivity contribution is 6.18. The molecular formula is C11H13ClO3. The number of benzene rings is 1. The van der Waals surface area contributed by atoms with Crippen molar-refractivity contribution in [1.82, 2.24) is 0 Å². The summed E-state index contributed by atoms with van der Waals surface area (Å²) in [6.45, 7) is 0.442. The standard InChI is InChI=1S/C11H13ClO3/c1-14-10-4-2-3-9(7-10)11(13)8-15-6-5-12/h2-4,7H,5-6,8H2,1H3. The monoisotopic (exact) mass is 228 g/mol. The van der Waals surface area contributed by atoms with Crippen LogP contribution in [0.3, 0.4) is 0 Å². The van der Waals surface area contributed by atoms with E-state index >= 15 is 0 Å². The topological polar surface area (TPSA) is 35.5 Å². The summed E-state index contributed by atoms with van der Waals surface area (Å²) in [5.74, 6) is 0.989. The van der Waals surface area contributed by atoms with Crippen molar-refractivity contribution in [2.24, 2.45) is 0 Å². The van der Waals surface area contributed by atoms with Gasteiger partial charge < -0.3 is 9.47 Å². The van der Waals surface area contributed by atoms with Crippen molar-refractivity contribution in [3.8, 4) is 5.75 Å². The van der Waals surface area contributed by atoms with Crippen molar-refractivity contribution >= 4 is 17.4 Å². The van der Waals surface area contributed by atoms with E-state index in [1.807, 2.05) is 0 Å². The highest BCUT2D eigenvalue weighted by Gasteiger charge is 2.06. The van der Waals surface area contributed by atoms with E-state index in [2.05, 4.69) is 0 Å². The molecule has 0 radical (unpaired) electrons. The number of alkyl halides is 1. The summed E-state index contributed by atoms with van der Waals surface area (Å²) < 4.78 is 10.1. The lowest BCUT2D eigenvalue weighted by molar-refractivity contribution is 0.0786. The van der Waals surface area contributed by atoms with Gasteiger partial charge in [0.15, 0.2) is 5.78 Å². The van der Waals surface area contributed by atoms with E-state index in [-0.39, 0.29) is 12.4 Å². The first-order valence-electron chi connectivity index (χ1n) is 4.59. The minimum absolute atomic E-state index is 0.0554. The molecular weight excluding hydrogens is 216 g/mol. The maximum atomic E-state index is 11.6. The Morgan fingerprint density at radius 3 is 2.93 bits per heavy atom. The van der Waals surface area contributed by atoms with Crippen LogP contribution < -0.4 is 4.74 Å². The van der Waals surface area contributed by atoms with Gasteiger partial charge in [-0.05, 0) is 12.1 Å². The molecule has 3 nitrogen and oxygen atoms in total. The predicted molar refractivity (Wildman–Crippen MR) is 58.9 cm³/mol. The molecule has 0 aliphatic carbocycles. The number of hydrogen-bond donors (Lipinski definition) is 0. The fraction of sp³-hybridized carbons (Fsp3) is 0.364. The summed E-state index contributed by atoms with van der Waals surface area (Å²) >= 11 is 5.42. The number of halogens is 1. The zero-order valence-electron chi connectivity index (χ0n) is 8.53. The van der Waals surface area contributed by atoms with Gasteiger partial charge in [0.05, 0.1) is 13.7 Å². The summed E-state index contributed by atoms with van der Waals surface area (Å²) in [5.41, 5.74) is 0.587. The molecule has 4 heteroatoms. The number of hydrogen-bond acceptors (Lipinski definition) is 3. The Labute approximate surface area is 93.9 Å². The number of carbonyl (C=O) groups is 1. The Bertz CT molecular complexity index is 325. The van der Waals surface area contributed by atoms with Gasteiger partial charge in [0.25, 0.3) is 0 Å². The SMILES string of the molecule is COc1cccc(C(=O)COCCCl)c1. The number of Topliss-reactive ketones (excluding diaryl/α,β-unsaturated/α-hetero) is 1. The van der Waals surface area contributed by atoms with Crippen LogP contribution in [0.25, 0.3) is 0 Å². The van der Waals surface area contributed by atoms with E-state index in [1.54, 1.807) is 31.4 Å². The Kier molecular flexibility index (Phi) is 5.15. The highest BCUT2D eigenvalue weighted by Crippen LogP contribution is 2.12. The van der Waals surface area contributed by atoms with Gasteiger partial charge in [-0.2, -0.15) is 0 Å². The van der Waals surface area contributed by atoms with Crippen LogP contribution in [0.2, 0.25) is 0 Å². The Hall–Kier alpha value is -1.06. The molecule has 0 heterocycles. The zero-order chi connectivity index (χ0) is 11.1. The molecule has 1 aromatic carbocycles. The third-order valence-corrected chi connectivity index (χ3v) is 2.00. The maximum Gasteiger partial charge on any atom is 0.188 e. The number of methoxy groups -OCH3 is 1. The summed E-state index contributed by atoms with van der Waals surface area (Å²) in [5, 5.41) is 0. The van der Waals surface area contributed by atoms with Gasteiger partial charge in [0.1, 0.15) is 12.4 Å². The van der Waals surface area contributed by atoms with Gasteiger partial charge >= 0.3 is 0 Å². The minimum Gasteiger partial charge on any atom is -0.497 e. The van der Waals surface area contributed by atoms with Gasteiger partial charge in [-0.3, -0.25) is 4.79 Å². The molecule has 0 aromatic heterocycles. The Morgan fingerprint density at radius 1 is 1.47 bits per heavy atom. The lowest BCUT2D eigenvalue weighted by Crippen LogP contribution is -2.10. The summed E-state index contributed by atoms with van der Waals surface area (Å²) in [6, 6.07) is 6.98. The van der Waals surface area contributed by atoms with Crippen LogP contribution in [0.4, 0.5) is 0 Å². The second kappa shape index (κ2) is 6.43. The molecule has 0 saturated heterocycles. The normalized spacial score (nSPS) is 10.0. The number of ether oxygens (including phenoxy) is 2. The lowest BCUT2D eigenvalue weighted by atomic mass is 10.1. The predicted octanol–water partition coefficient (Wildman–Crippen LogP) is 2.13. The van der Waals surface area contributed by atoms with Gasteiger partial charge in [0.2, 0.25) is 0 Å². The van der Waals surface area contributed by atoms with Crippen molar-refractivity contribution in [1.29, 1.82) is 0 Å². The summed E-state index contributed by atoms with van der Waals surface area (Å²) in [7, 11) is 1.56. The molecule has 82 valence electrons. The Balaban J connectivity index is 2.57. The van der Waals surface area contributed by atoms with Gasteiger partial charge in [-0.1, -0.05) is 12.1 Å². The van der Waals surface area contributed by atoms with Crippen LogP contribution in [0.15, 0.2) is 24.3 Å². The molecule has 0 aliphatic rings. The molecule has 0 amide bonds. The van der Waals surface area contributed by atoms with Crippen LogP contribution in [0.5, 0.6) is 5.75 Å². The second-order valence-electron chi connectivity index (χ2n) is 2.90. The van der Waals surface area contributed by atoms with Gasteiger partial charge in [-0.15, -0.1) is 11.6 Å². The van der Waals surface area contributed by atoms with E-state index < -0.39 is 0 Å². The molecule has 1 aromatic rings. The summed E-state index contributed by atoms with van der Waals surface area (Å²) in [4.78, 5) is 11.6. The van der Waals surface area contributed by atoms with Gasteiger partial charge in [-0.25, -0.2) is 0 Å². The molecule has 1 rings (SSSR count). The highest BCUT2D eigenvalue weighted by atomic mass is 35.5. The fourth-order valence-corrected chi connectivity index (χ4v) is 1.21. The van der Waals surface area contributed by atoms with E-state index in [0.717, 1.165) is 0 Å². The fourth-order valence-electron chi connectivity index (χ4n) is 1.10.